The van der Waals surface area contributed by atoms with Crippen LogP contribution in [0.15, 0.2) is 24.4 Å². The van der Waals surface area contributed by atoms with Crippen molar-refractivity contribution in [2.45, 2.75) is 25.8 Å². The Bertz CT molecular complexity index is 765. The highest BCUT2D eigenvalue weighted by atomic mass is 15.4. The molecule has 108 valence electrons. The normalized spacial score (nSPS) is 16.6. The van der Waals surface area contributed by atoms with Crippen LogP contribution in [0.4, 0.5) is 0 Å². The molecule has 0 amide bonds. The van der Waals surface area contributed by atoms with E-state index >= 15 is 0 Å². The molecule has 0 spiro atoms. The zero-order chi connectivity index (χ0) is 14.2. The van der Waals surface area contributed by atoms with E-state index in [1.807, 2.05) is 23.0 Å². The SMILES string of the molecule is Cc1cccc2[nH]c(-c3cn(C4CCNCC4)nn3)nc12. The summed E-state index contributed by atoms with van der Waals surface area (Å²) in [5, 5.41) is 11.9. The highest BCUT2D eigenvalue weighted by Gasteiger charge is 2.18. The molecular weight excluding hydrogens is 264 g/mol. The van der Waals surface area contributed by atoms with E-state index in [9.17, 15) is 0 Å². The fourth-order valence-electron chi connectivity index (χ4n) is 2.93. The molecule has 0 atom stereocenters. The number of fused-ring (bicyclic) bond motifs is 1. The molecule has 1 fully saturated rings. The van der Waals surface area contributed by atoms with Crippen LogP contribution in [0.25, 0.3) is 22.6 Å². The molecule has 0 unspecified atom stereocenters. The Kier molecular flexibility index (Phi) is 2.96. The van der Waals surface area contributed by atoms with Crippen molar-refractivity contribution in [3.8, 4) is 11.5 Å². The van der Waals surface area contributed by atoms with Crippen molar-refractivity contribution in [1.82, 2.24) is 30.3 Å². The fourth-order valence-corrected chi connectivity index (χ4v) is 2.93. The van der Waals surface area contributed by atoms with Gasteiger partial charge in [-0.25, -0.2) is 9.67 Å². The minimum absolute atomic E-state index is 0.443. The molecule has 0 saturated carbocycles. The summed E-state index contributed by atoms with van der Waals surface area (Å²) in [6, 6.07) is 6.58. The quantitative estimate of drug-likeness (QED) is 0.754. The lowest BCUT2D eigenvalue weighted by Gasteiger charge is -2.21. The summed E-state index contributed by atoms with van der Waals surface area (Å²) in [5.74, 6) is 0.791. The average molecular weight is 282 g/mol. The molecule has 1 saturated heterocycles. The van der Waals surface area contributed by atoms with Gasteiger partial charge in [0, 0.05) is 0 Å². The number of nitrogens with zero attached hydrogens (tertiary/aromatic N) is 4. The summed E-state index contributed by atoms with van der Waals surface area (Å²) in [6.45, 7) is 4.16. The Morgan fingerprint density at radius 2 is 2.10 bits per heavy atom. The van der Waals surface area contributed by atoms with Gasteiger partial charge in [0.05, 0.1) is 23.3 Å². The maximum absolute atomic E-state index is 4.66. The van der Waals surface area contributed by atoms with E-state index < -0.39 is 0 Å². The topological polar surface area (TPSA) is 71.4 Å². The smallest absolute Gasteiger partial charge is 0.160 e. The number of H-pyrrole nitrogens is 1. The Hall–Kier alpha value is -2.21. The van der Waals surface area contributed by atoms with Crippen molar-refractivity contribution < 1.29 is 0 Å². The van der Waals surface area contributed by atoms with E-state index in [0.29, 0.717) is 6.04 Å². The number of piperidine rings is 1. The number of hydrogen-bond acceptors (Lipinski definition) is 4. The van der Waals surface area contributed by atoms with Gasteiger partial charge in [-0.15, -0.1) is 5.10 Å². The third-order valence-corrected chi connectivity index (χ3v) is 4.15. The highest BCUT2D eigenvalue weighted by Crippen LogP contribution is 2.23. The second kappa shape index (κ2) is 4.96. The summed E-state index contributed by atoms with van der Waals surface area (Å²) in [6.07, 6.45) is 4.20. The first-order valence-corrected chi connectivity index (χ1v) is 7.39. The highest BCUT2D eigenvalue weighted by molar-refractivity contribution is 5.81. The van der Waals surface area contributed by atoms with Gasteiger partial charge in [0.15, 0.2) is 5.82 Å². The van der Waals surface area contributed by atoms with Gasteiger partial charge < -0.3 is 10.3 Å². The van der Waals surface area contributed by atoms with Gasteiger partial charge in [-0.1, -0.05) is 17.3 Å². The van der Waals surface area contributed by atoms with Crippen LogP contribution in [0.3, 0.4) is 0 Å². The molecule has 21 heavy (non-hydrogen) atoms. The number of aromatic amines is 1. The van der Waals surface area contributed by atoms with Gasteiger partial charge in [-0.2, -0.15) is 0 Å². The first-order valence-electron chi connectivity index (χ1n) is 7.39. The minimum Gasteiger partial charge on any atom is -0.337 e. The standard InChI is InChI=1S/C15H18N6/c1-10-3-2-4-12-14(10)18-15(17-12)13-9-21(20-19-13)11-5-7-16-8-6-11/h2-4,9,11,16H,5-8H2,1H3,(H,17,18). The predicted molar refractivity (Wildman–Crippen MR) is 81.0 cm³/mol. The van der Waals surface area contributed by atoms with Crippen molar-refractivity contribution in [2.75, 3.05) is 13.1 Å². The molecule has 1 aliphatic rings. The molecule has 0 radical (unpaired) electrons. The van der Waals surface area contributed by atoms with Crippen LogP contribution >= 0.6 is 0 Å². The number of benzene rings is 1. The number of aromatic nitrogens is 5. The molecule has 6 heteroatoms. The first-order chi connectivity index (χ1) is 10.3. The van der Waals surface area contributed by atoms with Gasteiger partial charge in [0.25, 0.3) is 0 Å². The molecule has 4 rings (SSSR count). The van der Waals surface area contributed by atoms with Crippen LogP contribution in [-0.2, 0) is 0 Å². The van der Waals surface area contributed by atoms with Crippen LogP contribution in [0, 0.1) is 6.92 Å². The van der Waals surface area contributed by atoms with E-state index in [1.54, 1.807) is 0 Å². The monoisotopic (exact) mass is 282 g/mol. The van der Waals surface area contributed by atoms with Crippen molar-refractivity contribution >= 4 is 11.0 Å². The van der Waals surface area contributed by atoms with Gasteiger partial charge in [-0.05, 0) is 44.5 Å². The van der Waals surface area contributed by atoms with Crippen LogP contribution < -0.4 is 5.32 Å². The zero-order valence-electron chi connectivity index (χ0n) is 12.0. The summed E-state index contributed by atoms with van der Waals surface area (Å²) < 4.78 is 1.98. The number of rotatable bonds is 2. The van der Waals surface area contributed by atoms with Crippen LogP contribution in [0.1, 0.15) is 24.4 Å². The van der Waals surface area contributed by atoms with Crippen molar-refractivity contribution in [3.05, 3.63) is 30.0 Å². The Balaban J connectivity index is 1.68. The fraction of sp³-hybridized carbons (Fsp3) is 0.400. The van der Waals surface area contributed by atoms with Crippen molar-refractivity contribution in [1.29, 1.82) is 0 Å². The summed E-state index contributed by atoms with van der Waals surface area (Å²) in [7, 11) is 0. The number of imidazole rings is 1. The molecule has 1 aliphatic heterocycles. The van der Waals surface area contributed by atoms with E-state index in [2.05, 4.69) is 38.6 Å². The number of aryl methyl sites for hydroxylation is 1. The molecular formula is C15H18N6. The van der Waals surface area contributed by atoms with E-state index in [4.69, 9.17) is 0 Å². The lowest BCUT2D eigenvalue weighted by molar-refractivity contribution is 0.337. The minimum atomic E-state index is 0.443. The number of nitrogens with one attached hydrogen (secondary N) is 2. The third-order valence-electron chi connectivity index (χ3n) is 4.15. The molecule has 1 aromatic carbocycles. The average Bonchev–Trinajstić information content (AvgIpc) is 3.15. The second-order valence-electron chi connectivity index (χ2n) is 5.62. The number of para-hydroxylation sites is 1. The molecule has 6 nitrogen and oxygen atoms in total. The lowest BCUT2D eigenvalue weighted by Crippen LogP contribution is -2.29. The van der Waals surface area contributed by atoms with Crippen LogP contribution in [-0.4, -0.2) is 38.1 Å². The maximum atomic E-state index is 4.66. The summed E-state index contributed by atoms with van der Waals surface area (Å²) in [4.78, 5) is 7.99. The summed E-state index contributed by atoms with van der Waals surface area (Å²) in [5.41, 5.74) is 4.02. The predicted octanol–water partition coefficient (Wildman–Crippen LogP) is 2.05. The Labute approximate surface area is 122 Å². The van der Waals surface area contributed by atoms with Crippen LogP contribution in [0.2, 0.25) is 0 Å². The van der Waals surface area contributed by atoms with E-state index in [-0.39, 0.29) is 0 Å². The van der Waals surface area contributed by atoms with Gasteiger partial charge in [-0.3, -0.25) is 0 Å². The van der Waals surface area contributed by atoms with E-state index in [1.165, 1.54) is 5.56 Å². The van der Waals surface area contributed by atoms with Gasteiger partial charge in [0.2, 0.25) is 0 Å². The van der Waals surface area contributed by atoms with Crippen molar-refractivity contribution in [2.24, 2.45) is 0 Å². The molecule has 3 heterocycles. The largest absolute Gasteiger partial charge is 0.337 e. The zero-order valence-corrected chi connectivity index (χ0v) is 12.0. The Morgan fingerprint density at radius 3 is 2.90 bits per heavy atom. The third kappa shape index (κ3) is 2.21. The molecule has 0 aliphatic carbocycles. The molecule has 0 bridgehead atoms. The van der Waals surface area contributed by atoms with Gasteiger partial charge in [0.1, 0.15) is 5.69 Å². The van der Waals surface area contributed by atoms with E-state index in [0.717, 1.165) is 48.5 Å². The first kappa shape index (κ1) is 12.5. The Morgan fingerprint density at radius 1 is 1.24 bits per heavy atom. The van der Waals surface area contributed by atoms with Gasteiger partial charge >= 0.3 is 0 Å². The summed E-state index contributed by atoms with van der Waals surface area (Å²) >= 11 is 0. The second-order valence-corrected chi connectivity index (χ2v) is 5.62. The maximum Gasteiger partial charge on any atom is 0.160 e. The molecule has 2 aromatic heterocycles. The lowest BCUT2D eigenvalue weighted by atomic mass is 10.1. The molecule has 3 aromatic rings. The van der Waals surface area contributed by atoms with Crippen LogP contribution in [0.5, 0.6) is 0 Å². The van der Waals surface area contributed by atoms with Crippen molar-refractivity contribution in [3.63, 3.8) is 0 Å². The molecule has 2 N–H and O–H groups in total. The number of hydrogen-bond donors (Lipinski definition) is 2.